The van der Waals surface area contributed by atoms with Crippen LogP contribution >= 0.6 is 0 Å². The number of nitrogens with zero attached hydrogens (tertiary/aromatic N) is 1. The van der Waals surface area contributed by atoms with Gasteiger partial charge in [-0.15, -0.1) is 0 Å². The van der Waals surface area contributed by atoms with Gasteiger partial charge in [-0.1, -0.05) is 13.8 Å². The Kier molecular flexibility index (Phi) is 5.73. The Morgan fingerprint density at radius 3 is 2.41 bits per heavy atom. The molecule has 0 heterocycles. The van der Waals surface area contributed by atoms with Crippen molar-refractivity contribution in [3.8, 4) is 0 Å². The van der Waals surface area contributed by atoms with E-state index in [1.807, 2.05) is 13.8 Å². The highest BCUT2D eigenvalue weighted by Crippen LogP contribution is 2.34. The van der Waals surface area contributed by atoms with Crippen LogP contribution in [0.4, 0.5) is 0 Å². The van der Waals surface area contributed by atoms with E-state index in [2.05, 4.69) is 14.9 Å². The summed E-state index contributed by atoms with van der Waals surface area (Å²) in [4.78, 5) is 34.8. The summed E-state index contributed by atoms with van der Waals surface area (Å²) < 4.78 is 9.12. The molecule has 0 aliphatic heterocycles. The van der Waals surface area contributed by atoms with Gasteiger partial charge in [-0.25, -0.2) is 9.59 Å². The quantitative estimate of drug-likeness (QED) is 0.459. The number of ether oxygens (including phenoxy) is 2. The molecule has 0 saturated carbocycles. The van der Waals surface area contributed by atoms with E-state index in [4.69, 9.17) is 0 Å². The number of rotatable bonds is 5. The van der Waals surface area contributed by atoms with Crippen molar-refractivity contribution in [2.75, 3.05) is 21.3 Å². The molecule has 0 aromatic heterocycles. The molecule has 0 amide bonds. The van der Waals surface area contributed by atoms with Crippen molar-refractivity contribution in [2.45, 2.75) is 26.7 Å². The van der Waals surface area contributed by atoms with Crippen LogP contribution in [0, 0.1) is 5.41 Å². The van der Waals surface area contributed by atoms with Crippen molar-refractivity contribution in [3.05, 3.63) is 23.5 Å². The highest BCUT2D eigenvalue weighted by molar-refractivity contribution is 5.95. The largest absolute Gasteiger partial charge is 0.466 e. The lowest BCUT2D eigenvalue weighted by Gasteiger charge is -2.34. The standard InChI is InChI=1S/C15H22N2O5/c1-15(2)8-10(6-11(18)9-15)17(3)16-12(14(20)22-5)7-13(19)21-4/h6-7,16H,8-9H2,1-5H3/b12-7+. The van der Waals surface area contributed by atoms with Crippen molar-refractivity contribution in [3.63, 3.8) is 0 Å². The molecule has 0 radical (unpaired) electrons. The minimum Gasteiger partial charge on any atom is -0.466 e. The average Bonchev–Trinajstić information content (AvgIpc) is 2.43. The van der Waals surface area contributed by atoms with Crippen LogP contribution in [0.1, 0.15) is 26.7 Å². The van der Waals surface area contributed by atoms with E-state index in [-0.39, 0.29) is 16.9 Å². The number of hydrogen-bond donors (Lipinski definition) is 1. The third kappa shape index (κ3) is 4.91. The molecule has 0 unspecified atom stereocenters. The normalized spacial score (nSPS) is 17.4. The molecule has 0 aromatic rings. The summed E-state index contributed by atoms with van der Waals surface area (Å²) in [5.41, 5.74) is 3.25. The topological polar surface area (TPSA) is 84.9 Å². The molecule has 0 fully saturated rings. The van der Waals surface area contributed by atoms with Gasteiger partial charge >= 0.3 is 11.9 Å². The first-order valence-electron chi connectivity index (χ1n) is 6.80. The number of carbonyl (C=O) groups excluding carboxylic acids is 3. The molecule has 0 saturated heterocycles. The maximum atomic E-state index is 11.8. The van der Waals surface area contributed by atoms with Crippen LogP contribution in [0.2, 0.25) is 0 Å². The number of allylic oxidation sites excluding steroid dienone is 2. The second-order valence-corrected chi connectivity index (χ2v) is 5.86. The molecule has 0 spiro atoms. The lowest BCUT2D eigenvalue weighted by Crippen LogP contribution is -2.39. The lowest BCUT2D eigenvalue weighted by molar-refractivity contribution is -0.139. The van der Waals surface area contributed by atoms with Crippen LogP contribution in [0.15, 0.2) is 23.5 Å². The summed E-state index contributed by atoms with van der Waals surface area (Å²) in [6.07, 6.45) is 3.67. The summed E-state index contributed by atoms with van der Waals surface area (Å²) in [6.45, 7) is 3.99. The van der Waals surface area contributed by atoms with Gasteiger partial charge in [0.05, 0.1) is 20.3 Å². The van der Waals surface area contributed by atoms with E-state index in [1.54, 1.807) is 7.05 Å². The molecular weight excluding hydrogens is 288 g/mol. The second-order valence-electron chi connectivity index (χ2n) is 5.86. The molecule has 7 nitrogen and oxygen atoms in total. The van der Waals surface area contributed by atoms with Crippen molar-refractivity contribution >= 4 is 17.7 Å². The number of hydrogen-bond acceptors (Lipinski definition) is 7. The molecule has 0 aromatic carbocycles. The first kappa shape index (κ1) is 17.7. The molecule has 1 N–H and O–H groups in total. The first-order chi connectivity index (χ1) is 10.2. The Morgan fingerprint density at radius 2 is 1.91 bits per heavy atom. The van der Waals surface area contributed by atoms with Gasteiger partial charge in [-0.05, 0) is 11.8 Å². The van der Waals surface area contributed by atoms with Crippen molar-refractivity contribution in [1.29, 1.82) is 0 Å². The van der Waals surface area contributed by atoms with Gasteiger partial charge in [0.15, 0.2) is 5.78 Å². The van der Waals surface area contributed by atoms with E-state index in [0.29, 0.717) is 12.8 Å². The van der Waals surface area contributed by atoms with E-state index in [9.17, 15) is 14.4 Å². The minimum absolute atomic E-state index is 0.0245. The van der Waals surface area contributed by atoms with Crippen LogP contribution in [0.3, 0.4) is 0 Å². The summed E-state index contributed by atoms with van der Waals surface area (Å²) >= 11 is 0. The minimum atomic E-state index is -0.709. The summed E-state index contributed by atoms with van der Waals surface area (Å²) in [5.74, 6) is -1.37. The molecule has 0 atom stereocenters. The Balaban J connectivity index is 2.94. The molecule has 1 aliphatic rings. The van der Waals surface area contributed by atoms with Crippen LogP contribution < -0.4 is 5.43 Å². The Morgan fingerprint density at radius 1 is 1.27 bits per heavy atom. The number of carbonyl (C=O) groups is 3. The summed E-state index contributed by atoms with van der Waals surface area (Å²) in [7, 11) is 4.08. The Labute approximate surface area is 129 Å². The van der Waals surface area contributed by atoms with Crippen molar-refractivity contribution < 1.29 is 23.9 Å². The zero-order chi connectivity index (χ0) is 16.9. The third-order valence-corrected chi connectivity index (χ3v) is 3.23. The van der Waals surface area contributed by atoms with Crippen LogP contribution in [-0.2, 0) is 23.9 Å². The second kappa shape index (κ2) is 7.11. The zero-order valence-corrected chi connectivity index (χ0v) is 13.6. The number of ketones is 1. The Hall–Kier alpha value is -2.31. The number of nitrogens with one attached hydrogen (secondary N) is 1. The smallest absolute Gasteiger partial charge is 0.356 e. The zero-order valence-electron chi connectivity index (χ0n) is 13.6. The summed E-state index contributed by atoms with van der Waals surface area (Å²) in [6, 6.07) is 0. The fourth-order valence-corrected chi connectivity index (χ4v) is 2.20. The predicted octanol–water partition coefficient (Wildman–Crippen LogP) is 0.926. The maximum Gasteiger partial charge on any atom is 0.356 e. The van der Waals surface area contributed by atoms with Gasteiger partial charge in [0.2, 0.25) is 0 Å². The Bertz CT molecular complexity index is 534. The molecular formula is C15H22N2O5. The first-order valence-corrected chi connectivity index (χ1v) is 6.80. The number of hydrazine groups is 1. The highest BCUT2D eigenvalue weighted by atomic mass is 16.5. The van der Waals surface area contributed by atoms with Crippen LogP contribution in [-0.4, -0.2) is 44.0 Å². The van der Waals surface area contributed by atoms with Gasteiger partial charge in [-0.2, -0.15) is 0 Å². The molecule has 1 aliphatic carbocycles. The molecule has 0 bridgehead atoms. The number of methoxy groups -OCH3 is 2. The van der Waals surface area contributed by atoms with Gasteiger partial charge in [0, 0.05) is 25.2 Å². The fraction of sp³-hybridized carbons (Fsp3) is 0.533. The van der Waals surface area contributed by atoms with Crippen LogP contribution in [0.25, 0.3) is 0 Å². The van der Waals surface area contributed by atoms with Gasteiger partial charge in [-0.3, -0.25) is 15.2 Å². The molecule has 7 heteroatoms. The summed E-state index contributed by atoms with van der Waals surface area (Å²) in [5, 5.41) is 1.53. The monoisotopic (exact) mass is 310 g/mol. The highest BCUT2D eigenvalue weighted by Gasteiger charge is 2.29. The van der Waals surface area contributed by atoms with E-state index >= 15 is 0 Å². The predicted molar refractivity (Wildman–Crippen MR) is 79.1 cm³/mol. The fourth-order valence-electron chi connectivity index (χ4n) is 2.20. The maximum absolute atomic E-state index is 11.8. The van der Waals surface area contributed by atoms with Crippen LogP contribution in [0.5, 0.6) is 0 Å². The van der Waals surface area contributed by atoms with Gasteiger partial charge < -0.3 is 9.47 Å². The molecule has 122 valence electrons. The SMILES string of the molecule is COC(=O)/C=C(/NN(C)C1=CC(=O)CC(C)(C)C1)C(=O)OC. The number of esters is 2. The lowest BCUT2D eigenvalue weighted by atomic mass is 9.79. The van der Waals surface area contributed by atoms with Gasteiger partial charge in [0.25, 0.3) is 0 Å². The molecule has 22 heavy (non-hydrogen) atoms. The molecule has 1 rings (SSSR count). The van der Waals surface area contributed by atoms with Crippen molar-refractivity contribution in [2.24, 2.45) is 5.41 Å². The third-order valence-electron chi connectivity index (χ3n) is 3.23. The van der Waals surface area contributed by atoms with Crippen molar-refractivity contribution in [1.82, 2.24) is 10.4 Å². The van der Waals surface area contributed by atoms with E-state index < -0.39 is 11.9 Å². The van der Waals surface area contributed by atoms with E-state index in [1.165, 1.54) is 25.3 Å². The average molecular weight is 310 g/mol. The van der Waals surface area contributed by atoms with Gasteiger partial charge in [0.1, 0.15) is 5.70 Å². The van der Waals surface area contributed by atoms with E-state index in [0.717, 1.165) is 11.8 Å².